The van der Waals surface area contributed by atoms with Crippen LogP contribution in [0, 0.1) is 0 Å². The maximum atomic E-state index is 10.7. The fourth-order valence-corrected chi connectivity index (χ4v) is 3.21. The molecule has 0 aromatic carbocycles. The van der Waals surface area contributed by atoms with Crippen molar-refractivity contribution in [2.24, 2.45) is 0 Å². The molecule has 3 unspecified atom stereocenters. The first-order valence-electron chi connectivity index (χ1n) is 10.2. The summed E-state index contributed by atoms with van der Waals surface area (Å²) in [5, 5.41) is 26.9. The maximum Gasteiger partial charge on any atom is 0.120 e. The minimum Gasteiger partial charge on any atom is -0.393 e. The molecule has 3 atom stereocenters. The topological polar surface area (TPSA) is 95.5 Å². The Bertz CT molecular complexity index is 400. The Morgan fingerprint density at radius 2 is 1.57 bits per heavy atom. The molecule has 0 aliphatic rings. The van der Waals surface area contributed by atoms with Crippen LogP contribution in [0.2, 0.25) is 0 Å². The van der Waals surface area contributed by atoms with Gasteiger partial charge in [0.05, 0.1) is 19.8 Å². The number of methoxy groups -OCH3 is 2. The lowest BCUT2D eigenvalue weighted by molar-refractivity contribution is -0.255. The van der Waals surface area contributed by atoms with Crippen molar-refractivity contribution in [3.63, 3.8) is 0 Å². The first-order valence-corrected chi connectivity index (χ1v) is 10.2. The molecule has 0 aliphatic carbocycles. The van der Waals surface area contributed by atoms with E-state index in [9.17, 15) is 10.2 Å². The number of hydrogen-bond donors (Lipinski definition) is 4. The summed E-state index contributed by atoms with van der Waals surface area (Å²) < 4.78 is 17.0. The van der Waals surface area contributed by atoms with E-state index in [0.29, 0.717) is 13.2 Å². The van der Waals surface area contributed by atoms with E-state index >= 15 is 0 Å². The molecule has 0 amide bonds. The third-order valence-electron chi connectivity index (χ3n) is 5.11. The van der Waals surface area contributed by atoms with Crippen LogP contribution < -0.4 is 10.6 Å². The van der Waals surface area contributed by atoms with Gasteiger partial charge in [-0.2, -0.15) is 0 Å². The fraction of sp³-hybridized carbons (Fsp3) is 1.00. The summed E-state index contributed by atoms with van der Waals surface area (Å²) in [5.41, 5.74) is -3.24. The Morgan fingerprint density at radius 3 is 2.07 bits per heavy atom. The van der Waals surface area contributed by atoms with Gasteiger partial charge in [-0.3, -0.25) is 0 Å². The molecule has 0 rings (SSSR count). The summed E-state index contributed by atoms with van der Waals surface area (Å²) >= 11 is 0. The van der Waals surface area contributed by atoms with Crippen LogP contribution in [0.4, 0.5) is 0 Å². The molecule has 0 aromatic heterocycles. The van der Waals surface area contributed by atoms with E-state index in [-0.39, 0.29) is 6.61 Å². The van der Waals surface area contributed by atoms with Gasteiger partial charge in [0.15, 0.2) is 0 Å². The zero-order chi connectivity index (χ0) is 21.7. The van der Waals surface area contributed by atoms with Crippen LogP contribution in [-0.4, -0.2) is 112 Å². The molecule has 170 valence electrons. The number of likely N-dealkylation sites (N-methyl/N-ethyl adjacent to an activating group) is 1. The van der Waals surface area contributed by atoms with Crippen molar-refractivity contribution in [3.8, 4) is 0 Å². The highest BCUT2D eigenvalue weighted by Crippen LogP contribution is 2.31. The number of ether oxygens (including phenoxy) is 3. The average Bonchev–Trinajstić information content (AvgIpc) is 2.63. The third kappa shape index (κ3) is 9.45. The van der Waals surface area contributed by atoms with Crippen LogP contribution in [0.15, 0.2) is 0 Å². The standard InChI is InChI=1S/C20H45N3O5/c1-8-11-23(12-9-21-5)13-10-22-14-18(2,16-26-6)28-20(4,17-27-7)19(3,25)15-24/h21-22,24-25H,8-17H2,1-7H3. The van der Waals surface area contributed by atoms with E-state index < -0.39 is 23.4 Å². The molecule has 0 aromatic rings. The lowest BCUT2D eigenvalue weighted by atomic mass is 9.86. The van der Waals surface area contributed by atoms with Gasteiger partial charge in [0, 0.05) is 46.9 Å². The van der Waals surface area contributed by atoms with Gasteiger partial charge in [-0.15, -0.1) is 0 Å². The van der Waals surface area contributed by atoms with Crippen LogP contribution in [0.3, 0.4) is 0 Å². The van der Waals surface area contributed by atoms with Crippen LogP contribution in [0.1, 0.15) is 34.1 Å². The first kappa shape index (κ1) is 27.7. The van der Waals surface area contributed by atoms with Gasteiger partial charge in [-0.05, 0) is 40.8 Å². The molecule has 28 heavy (non-hydrogen) atoms. The molecule has 4 N–H and O–H groups in total. The number of aliphatic hydroxyl groups is 2. The number of nitrogens with one attached hydrogen (secondary N) is 2. The van der Waals surface area contributed by atoms with E-state index in [1.807, 2.05) is 14.0 Å². The molecule has 0 bridgehead atoms. The van der Waals surface area contributed by atoms with Crippen LogP contribution in [0.25, 0.3) is 0 Å². The molecule has 0 spiro atoms. The molecule has 8 heteroatoms. The molecular weight excluding hydrogens is 362 g/mol. The quantitative estimate of drug-likeness (QED) is 0.237. The van der Waals surface area contributed by atoms with Crippen molar-refractivity contribution in [3.05, 3.63) is 0 Å². The summed E-state index contributed by atoms with van der Waals surface area (Å²) in [6.45, 7) is 12.9. The summed E-state index contributed by atoms with van der Waals surface area (Å²) in [6.07, 6.45) is 1.12. The number of hydrogen-bond acceptors (Lipinski definition) is 8. The molecule has 0 radical (unpaired) electrons. The summed E-state index contributed by atoms with van der Waals surface area (Å²) in [5.74, 6) is 0. The number of aliphatic hydroxyl groups excluding tert-OH is 1. The fourth-order valence-electron chi connectivity index (χ4n) is 3.21. The second-order valence-corrected chi connectivity index (χ2v) is 8.20. The molecule has 0 saturated heterocycles. The molecule has 8 nitrogen and oxygen atoms in total. The van der Waals surface area contributed by atoms with Gasteiger partial charge in [0.2, 0.25) is 0 Å². The zero-order valence-electron chi connectivity index (χ0n) is 19.1. The monoisotopic (exact) mass is 407 g/mol. The van der Waals surface area contributed by atoms with E-state index in [1.54, 1.807) is 28.1 Å². The van der Waals surface area contributed by atoms with Gasteiger partial charge >= 0.3 is 0 Å². The van der Waals surface area contributed by atoms with Crippen molar-refractivity contribution >= 4 is 0 Å². The second-order valence-electron chi connectivity index (χ2n) is 8.20. The van der Waals surface area contributed by atoms with Gasteiger partial charge < -0.3 is 40.0 Å². The predicted octanol–water partition coefficient (Wildman–Crippen LogP) is 0.0775. The summed E-state index contributed by atoms with van der Waals surface area (Å²) in [4.78, 5) is 2.42. The van der Waals surface area contributed by atoms with E-state index in [4.69, 9.17) is 14.2 Å². The number of nitrogens with zero attached hydrogens (tertiary/aromatic N) is 1. The largest absolute Gasteiger partial charge is 0.393 e. The highest BCUT2D eigenvalue weighted by Gasteiger charge is 2.48. The molecule has 0 fully saturated rings. The minimum absolute atomic E-state index is 0.147. The Morgan fingerprint density at radius 1 is 0.964 bits per heavy atom. The molecule has 0 aliphatic heterocycles. The Labute approximate surface area is 171 Å². The van der Waals surface area contributed by atoms with Gasteiger partial charge in [-0.1, -0.05) is 6.92 Å². The van der Waals surface area contributed by atoms with E-state index in [1.165, 1.54) is 0 Å². The van der Waals surface area contributed by atoms with Crippen molar-refractivity contribution < 1.29 is 24.4 Å². The van der Waals surface area contributed by atoms with Crippen LogP contribution >= 0.6 is 0 Å². The van der Waals surface area contributed by atoms with Crippen LogP contribution in [-0.2, 0) is 14.2 Å². The highest BCUT2D eigenvalue weighted by atomic mass is 16.6. The lowest BCUT2D eigenvalue weighted by Gasteiger charge is -2.46. The zero-order valence-corrected chi connectivity index (χ0v) is 19.1. The third-order valence-corrected chi connectivity index (χ3v) is 5.11. The average molecular weight is 408 g/mol. The van der Waals surface area contributed by atoms with Crippen molar-refractivity contribution in [2.75, 3.05) is 80.4 Å². The van der Waals surface area contributed by atoms with Gasteiger partial charge in [0.25, 0.3) is 0 Å². The molecular formula is C20H45N3O5. The van der Waals surface area contributed by atoms with Crippen molar-refractivity contribution in [2.45, 2.75) is 50.9 Å². The van der Waals surface area contributed by atoms with Crippen molar-refractivity contribution in [1.82, 2.24) is 15.5 Å². The second kappa shape index (κ2) is 13.8. The molecule has 0 heterocycles. The lowest BCUT2D eigenvalue weighted by Crippen LogP contribution is -2.62. The maximum absolute atomic E-state index is 10.7. The Kier molecular flexibility index (Phi) is 13.7. The van der Waals surface area contributed by atoms with Crippen LogP contribution in [0.5, 0.6) is 0 Å². The Hall–Kier alpha value is -0.320. The van der Waals surface area contributed by atoms with Gasteiger partial charge in [-0.25, -0.2) is 0 Å². The first-order chi connectivity index (χ1) is 13.1. The predicted molar refractivity (Wildman–Crippen MR) is 113 cm³/mol. The summed E-state index contributed by atoms with van der Waals surface area (Å²) in [7, 11) is 5.14. The SMILES string of the molecule is CCCN(CCNC)CCNCC(C)(COC)OC(C)(COC)C(C)(O)CO. The summed E-state index contributed by atoms with van der Waals surface area (Å²) in [6, 6.07) is 0. The highest BCUT2D eigenvalue weighted by molar-refractivity contribution is 4.98. The number of rotatable bonds is 18. The van der Waals surface area contributed by atoms with E-state index in [0.717, 1.165) is 39.1 Å². The van der Waals surface area contributed by atoms with E-state index in [2.05, 4.69) is 22.5 Å². The normalized spacial score (nSPS) is 18.6. The smallest absolute Gasteiger partial charge is 0.120 e. The van der Waals surface area contributed by atoms with Crippen molar-refractivity contribution in [1.29, 1.82) is 0 Å². The van der Waals surface area contributed by atoms with Gasteiger partial charge in [0.1, 0.15) is 16.8 Å². The Balaban J connectivity index is 4.92. The minimum atomic E-state index is -1.46. The molecule has 0 saturated carbocycles.